The molecule has 0 aliphatic carbocycles. The molecule has 0 radical (unpaired) electrons. The summed E-state index contributed by atoms with van der Waals surface area (Å²) in [6.07, 6.45) is 0. The zero-order chi connectivity index (χ0) is 12.3. The summed E-state index contributed by atoms with van der Waals surface area (Å²) in [5, 5.41) is 10.9. The van der Waals surface area contributed by atoms with Crippen LogP contribution in [0.15, 0.2) is 18.2 Å². The normalized spacial score (nSPS) is 14.2. The van der Waals surface area contributed by atoms with Gasteiger partial charge >= 0.3 is 94.8 Å². The van der Waals surface area contributed by atoms with E-state index in [1.807, 2.05) is 0 Å². The molecule has 0 spiro atoms. The van der Waals surface area contributed by atoms with Crippen LogP contribution in [0.2, 0.25) is 0 Å². The van der Waals surface area contributed by atoms with Gasteiger partial charge in [0.05, 0.1) is 0 Å². The first kappa shape index (κ1) is 13.0. The van der Waals surface area contributed by atoms with Crippen LogP contribution in [-0.4, -0.2) is 29.4 Å². The van der Waals surface area contributed by atoms with Crippen molar-refractivity contribution in [1.82, 2.24) is 0 Å². The van der Waals surface area contributed by atoms with Gasteiger partial charge in [-0.25, -0.2) is 0 Å². The van der Waals surface area contributed by atoms with Crippen LogP contribution < -0.4 is 9.67 Å². The first-order valence-electron chi connectivity index (χ1n) is 4.41. The van der Waals surface area contributed by atoms with Crippen LogP contribution in [0.1, 0.15) is 12.5 Å². The molecule has 0 aliphatic rings. The van der Waals surface area contributed by atoms with E-state index in [0.29, 0.717) is 11.3 Å². The van der Waals surface area contributed by atoms with Gasteiger partial charge in [-0.1, -0.05) is 0 Å². The Morgan fingerprint density at radius 3 is 2.56 bits per heavy atom. The molecular weight excluding hydrogens is 277 g/mol. The van der Waals surface area contributed by atoms with Gasteiger partial charge in [0.25, 0.3) is 0 Å². The Hall–Kier alpha value is -1.07. The fraction of sp³-hybridized carbons (Fsp3) is 0.222. The molecule has 0 heterocycles. The molecule has 0 aromatic heterocycles. The first-order chi connectivity index (χ1) is 7.36. The zero-order valence-corrected chi connectivity index (χ0v) is 10.7. The summed E-state index contributed by atoms with van der Waals surface area (Å²) in [5.74, 6) is -0.230. The van der Waals surface area contributed by atoms with Crippen molar-refractivity contribution in [2.75, 3.05) is 5.32 Å². The minimum absolute atomic E-state index is 0.0206. The van der Waals surface area contributed by atoms with Gasteiger partial charge in [0.2, 0.25) is 0 Å². The van der Waals surface area contributed by atoms with Gasteiger partial charge in [-0.2, -0.15) is 0 Å². The third kappa shape index (κ3) is 2.96. The molecule has 3 N–H and O–H groups in total. The van der Waals surface area contributed by atoms with Gasteiger partial charge in [-0.3, -0.25) is 0 Å². The molecule has 7 heteroatoms. The van der Waals surface area contributed by atoms with E-state index < -0.39 is 14.2 Å². The second-order valence-electron chi connectivity index (χ2n) is 3.28. The molecule has 0 saturated carbocycles. The Morgan fingerprint density at radius 2 is 2.12 bits per heavy atom. The van der Waals surface area contributed by atoms with Crippen molar-refractivity contribution in [3.05, 3.63) is 23.8 Å². The van der Waals surface area contributed by atoms with E-state index in [1.165, 1.54) is 25.1 Å². The molecule has 6 nitrogen and oxygen atoms in total. The van der Waals surface area contributed by atoms with Crippen LogP contribution in [0.3, 0.4) is 0 Å². The minimum atomic E-state index is -4.80. The monoisotopic (exact) mass is 289 g/mol. The standard InChI is InChI=1S/C9H12AsNO5/c1-6-5-8(10(13,14)16-15)3-4-9(6)11-7(2)12/h3-5,15H,1-2H3,(H,11,12)(H,13,14). The molecule has 1 unspecified atom stereocenters. The van der Waals surface area contributed by atoms with E-state index >= 15 is 0 Å². The Balaban J connectivity index is 3.09. The second-order valence-corrected chi connectivity index (χ2v) is 6.89. The maximum absolute atomic E-state index is 11.3. The second kappa shape index (κ2) is 4.84. The van der Waals surface area contributed by atoms with Crippen LogP contribution in [-0.2, 0) is 12.4 Å². The van der Waals surface area contributed by atoms with E-state index in [0.717, 1.165) is 0 Å². The SMILES string of the molecule is CC(=O)Nc1ccc([As](=O)(O)OO)cc1C. The van der Waals surface area contributed by atoms with Gasteiger partial charge in [0, 0.05) is 0 Å². The van der Waals surface area contributed by atoms with Gasteiger partial charge in [-0.05, 0) is 0 Å². The van der Waals surface area contributed by atoms with Gasteiger partial charge in [0.1, 0.15) is 0 Å². The van der Waals surface area contributed by atoms with Crippen LogP contribution in [0.5, 0.6) is 0 Å². The third-order valence-corrected chi connectivity index (χ3v) is 4.37. The third-order valence-electron chi connectivity index (χ3n) is 1.96. The maximum atomic E-state index is 11.3. The summed E-state index contributed by atoms with van der Waals surface area (Å²) < 4.78 is 24.2. The fourth-order valence-electron chi connectivity index (χ4n) is 1.20. The molecule has 1 aromatic rings. The predicted octanol–water partition coefficient (Wildman–Crippen LogP) is 0.0117. The zero-order valence-electron chi connectivity index (χ0n) is 8.80. The van der Waals surface area contributed by atoms with Crippen LogP contribution in [0.25, 0.3) is 0 Å². The molecule has 0 aliphatic heterocycles. The molecule has 1 aromatic carbocycles. The number of benzene rings is 1. The number of aryl methyl sites for hydroxylation is 1. The summed E-state index contributed by atoms with van der Waals surface area (Å²) in [7, 11) is 0. The number of nitrogens with one attached hydrogen (secondary N) is 1. The molecular formula is C9H12AsNO5. The van der Waals surface area contributed by atoms with Crippen molar-refractivity contribution in [1.29, 1.82) is 0 Å². The van der Waals surface area contributed by atoms with Crippen molar-refractivity contribution in [3.63, 3.8) is 0 Å². The van der Waals surface area contributed by atoms with Crippen LogP contribution in [0, 0.1) is 6.92 Å². The Bertz CT molecular complexity index is 459. The summed E-state index contributed by atoms with van der Waals surface area (Å²) >= 11 is -4.80. The average Bonchev–Trinajstić information content (AvgIpc) is 2.20. The summed E-state index contributed by atoms with van der Waals surface area (Å²) in [5.41, 5.74) is 1.16. The van der Waals surface area contributed by atoms with E-state index in [2.05, 4.69) is 9.19 Å². The number of carbonyl (C=O) groups excluding carboxylic acids is 1. The number of hydrogen-bond donors (Lipinski definition) is 3. The van der Waals surface area contributed by atoms with E-state index in [9.17, 15) is 12.6 Å². The molecule has 0 bridgehead atoms. The molecule has 16 heavy (non-hydrogen) atoms. The molecule has 1 atom stereocenters. The average molecular weight is 289 g/mol. The number of carbonyl (C=O) groups is 1. The van der Waals surface area contributed by atoms with Gasteiger partial charge < -0.3 is 0 Å². The van der Waals surface area contributed by atoms with Crippen LogP contribution >= 0.6 is 0 Å². The van der Waals surface area contributed by atoms with E-state index in [1.54, 1.807) is 6.92 Å². The van der Waals surface area contributed by atoms with Crippen molar-refractivity contribution < 1.29 is 21.8 Å². The van der Waals surface area contributed by atoms with Crippen LogP contribution in [0.4, 0.5) is 5.69 Å². The topological polar surface area (TPSA) is 95.9 Å². The molecule has 88 valence electrons. The quantitative estimate of drug-likeness (QED) is 0.414. The predicted molar refractivity (Wildman–Crippen MR) is 57.5 cm³/mol. The van der Waals surface area contributed by atoms with Crippen molar-refractivity contribution in [2.24, 2.45) is 0 Å². The summed E-state index contributed by atoms with van der Waals surface area (Å²) in [4.78, 5) is 10.8. The molecule has 1 rings (SSSR count). The van der Waals surface area contributed by atoms with Crippen molar-refractivity contribution in [3.8, 4) is 0 Å². The van der Waals surface area contributed by atoms with Gasteiger partial charge in [0.15, 0.2) is 0 Å². The number of hydrogen-bond acceptors (Lipinski definition) is 4. The molecule has 1 amide bonds. The Labute approximate surface area is 95.2 Å². The number of rotatable bonds is 3. The number of anilines is 1. The van der Waals surface area contributed by atoms with Crippen molar-refractivity contribution >= 4 is 30.1 Å². The molecule has 0 fully saturated rings. The van der Waals surface area contributed by atoms with Crippen molar-refractivity contribution in [2.45, 2.75) is 13.8 Å². The first-order valence-corrected chi connectivity index (χ1v) is 7.72. The summed E-state index contributed by atoms with van der Waals surface area (Å²) in [6.45, 7) is 3.03. The Kier molecular flexibility index (Phi) is 3.93. The number of amides is 1. The van der Waals surface area contributed by atoms with E-state index in [4.69, 9.17) is 5.26 Å². The Morgan fingerprint density at radius 1 is 1.50 bits per heavy atom. The molecule has 0 saturated heterocycles. The summed E-state index contributed by atoms with van der Waals surface area (Å²) in [6, 6.07) is 4.20. The van der Waals surface area contributed by atoms with E-state index in [-0.39, 0.29) is 10.3 Å². The fourth-order valence-corrected chi connectivity index (χ4v) is 2.70. The van der Waals surface area contributed by atoms with Gasteiger partial charge in [-0.15, -0.1) is 0 Å².